The largest absolute Gasteiger partial charge is 0.350 e. The highest BCUT2D eigenvalue weighted by molar-refractivity contribution is 5.81. The van der Waals surface area contributed by atoms with Crippen LogP contribution in [0.4, 0.5) is 0 Å². The molecule has 0 spiro atoms. The van der Waals surface area contributed by atoms with Gasteiger partial charge in [0.1, 0.15) is 0 Å². The molecule has 5 fully saturated rings. The molecule has 5 aliphatic rings. The second-order valence-corrected chi connectivity index (χ2v) is 8.04. The van der Waals surface area contributed by atoms with Gasteiger partial charge in [-0.3, -0.25) is 4.79 Å². The molecule has 2 atom stereocenters. The third-order valence-electron chi connectivity index (χ3n) is 6.07. The van der Waals surface area contributed by atoms with Gasteiger partial charge in [-0.1, -0.05) is 0 Å². The molecular weight excluding hydrogens is 236 g/mol. The number of carbonyl (C=O) groups excluding carboxylic acids is 1. The molecule has 0 aromatic rings. The summed E-state index contributed by atoms with van der Waals surface area (Å²) >= 11 is 0. The molecule has 0 radical (unpaired) electrons. The van der Waals surface area contributed by atoms with Crippen LogP contribution >= 0.6 is 0 Å². The van der Waals surface area contributed by atoms with E-state index in [-0.39, 0.29) is 5.54 Å². The Hall–Kier alpha value is -0.570. The summed E-state index contributed by atoms with van der Waals surface area (Å²) in [6, 6.07) is 0. The predicted octanol–water partition coefficient (Wildman–Crippen LogP) is 2.07. The highest BCUT2D eigenvalue weighted by Gasteiger charge is 2.58. The van der Waals surface area contributed by atoms with Crippen LogP contribution in [0.25, 0.3) is 0 Å². The minimum absolute atomic E-state index is 0.167. The molecule has 0 saturated heterocycles. The number of hydrogen-bond donors (Lipinski definition) is 2. The average Bonchev–Trinajstić information content (AvgIpc) is 3.08. The zero-order valence-corrected chi connectivity index (χ0v) is 12.0. The standard InChI is InChI=1S/C16H26N2O/c1-17-10-15-5-11-4-12(6-15)8-16(7-11,9-15)18-14(19)13-2-3-13/h11-13,17H,2-10H2,1H3,(H,18,19). The van der Waals surface area contributed by atoms with Crippen molar-refractivity contribution in [3.8, 4) is 0 Å². The van der Waals surface area contributed by atoms with Gasteiger partial charge in [0.2, 0.25) is 5.91 Å². The highest BCUT2D eigenvalue weighted by Crippen LogP contribution is 2.61. The highest BCUT2D eigenvalue weighted by atomic mass is 16.2. The first-order valence-corrected chi connectivity index (χ1v) is 8.09. The van der Waals surface area contributed by atoms with Gasteiger partial charge in [0.25, 0.3) is 0 Å². The second kappa shape index (κ2) is 3.97. The van der Waals surface area contributed by atoms with Gasteiger partial charge in [-0.25, -0.2) is 0 Å². The Morgan fingerprint density at radius 3 is 2.42 bits per heavy atom. The Kier molecular flexibility index (Phi) is 2.55. The van der Waals surface area contributed by atoms with E-state index in [2.05, 4.69) is 17.7 Å². The molecular formula is C16H26N2O. The van der Waals surface area contributed by atoms with E-state index in [0.29, 0.717) is 17.2 Å². The van der Waals surface area contributed by atoms with Gasteiger partial charge in [0.05, 0.1) is 0 Å². The fourth-order valence-electron chi connectivity index (χ4n) is 5.89. The fraction of sp³-hybridized carbons (Fsp3) is 0.938. The lowest BCUT2D eigenvalue weighted by Crippen LogP contribution is -2.64. The lowest BCUT2D eigenvalue weighted by Gasteiger charge is -2.62. The van der Waals surface area contributed by atoms with Gasteiger partial charge in [0.15, 0.2) is 0 Å². The van der Waals surface area contributed by atoms with Crippen molar-refractivity contribution in [3.05, 3.63) is 0 Å². The van der Waals surface area contributed by atoms with E-state index in [1.54, 1.807) is 0 Å². The maximum atomic E-state index is 12.2. The van der Waals surface area contributed by atoms with Crippen molar-refractivity contribution in [1.29, 1.82) is 0 Å². The number of nitrogens with one attached hydrogen (secondary N) is 2. The van der Waals surface area contributed by atoms with Crippen molar-refractivity contribution >= 4 is 5.91 Å². The van der Waals surface area contributed by atoms with Crippen LogP contribution in [0.5, 0.6) is 0 Å². The Morgan fingerprint density at radius 2 is 1.84 bits per heavy atom. The predicted molar refractivity (Wildman–Crippen MR) is 74.6 cm³/mol. The van der Waals surface area contributed by atoms with Crippen molar-refractivity contribution in [2.24, 2.45) is 23.2 Å². The van der Waals surface area contributed by atoms with Crippen molar-refractivity contribution in [3.63, 3.8) is 0 Å². The average molecular weight is 262 g/mol. The van der Waals surface area contributed by atoms with E-state index in [0.717, 1.165) is 31.2 Å². The molecule has 0 aromatic heterocycles. The van der Waals surface area contributed by atoms with Crippen LogP contribution in [0.2, 0.25) is 0 Å². The van der Waals surface area contributed by atoms with Gasteiger partial charge < -0.3 is 10.6 Å². The summed E-state index contributed by atoms with van der Waals surface area (Å²) in [7, 11) is 2.08. The van der Waals surface area contributed by atoms with Crippen LogP contribution in [0, 0.1) is 23.2 Å². The minimum Gasteiger partial charge on any atom is -0.350 e. The normalized spacial score (nSPS) is 47.4. The first kappa shape index (κ1) is 12.2. The molecule has 19 heavy (non-hydrogen) atoms. The lowest BCUT2D eigenvalue weighted by molar-refractivity contribution is -0.132. The van der Waals surface area contributed by atoms with Crippen LogP contribution in [-0.4, -0.2) is 25.0 Å². The van der Waals surface area contributed by atoms with Crippen molar-refractivity contribution in [2.45, 2.75) is 56.9 Å². The summed E-state index contributed by atoms with van der Waals surface area (Å²) in [6.07, 6.45) is 10.2. The van der Waals surface area contributed by atoms with Crippen LogP contribution in [-0.2, 0) is 4.79 Å². The Balaban J connectivity index is 1.56. The van der Waals surface area contributed by atoms with Gasteiger partial charge >= 0.3 is 0 Å². The third kappa shape index (κ3) is 2.01. The summed E-state index contributed by atoms with van der Waals surface area (Å²) in [5.41, 5.74) is 0.649. The molecule has 3 nitrogen and oxygen atoms in total. The number of amides is 1. The smallest absolute Gasteiger partial charge is 0.223 e. The topological polar surface area (TPSA) is 41.1 Å². The second-order valence-electron chi connectivity index (χ2n) is 8.04. The van der Waals surface area contributed by atoms with Gasteiger partial charge in [-0.05, 0) is 75.7 Å². The first-order valence-electron chi connectivity index (χ1n) is 8.09. The zero-order valence-electron chi connectivity index (χ0n) is 12.0. The van der Waals surface area contributed by atoms with Crippen molar-refractivity contribution < 1.29 is 4.79 Å². The molecule has 2 N–H and O–H groups in total. The molecule has 0 aromatic carbocycles. The Labute approximate surface area is 115 Å². The van der Waals surface area contributed by atoms with Crippen LogP contribution in [0.15, 0.2) is 0 Å². The number of carbonyl (C=O) groups is 1. The molecule has 2 unspecified atom stereocenters. The van der Waals surface area contributed by atoms with Gasteiger partial charge in [-0.15, -0.1) is 0 Å². The zero-order chi connectivity index (χ0) is 13.1. The molecule has 4 bridgehead atoms. The molecule has 5 saturated carbocycles. The van der Waals surface area contributed by atoms with Crippen molar-refractivity contribution in [2.75, 3.05) is 13.6 Å². The fourth-order valence-corrected chi connectivity index (χ4v) is 5.89. The molecule has 3 heteroatoms. The molecule has 0 aliphatic heterocycles. The molecule has 106 valence electrons. The van der Waals surface area contributed by atoms with Gasteiger partial charge in [-0.2, -0.15) is 0 Å². The lowest BCUT2D eigenvalue weighted by atomic mass is 9.47. The molecule has 5 aliphatic carbocycles. The van der Waals surface area contributed by atoms with Crippen LogP contribution in [0.3, 0.4) is 0 Å². The maximum Gasteiger partial charge on any atom is 0.223 e. The number of rotatable bonds is 4. The molecule has 1 amide bonds. The van der Waals surface area contributed by atoms with E-state index < -0.39 is 0 Å². The summed E-state index contributed by atoms with van der Waals surface area (Å²) in [5.74, 6) is 2.46. The summed E-state index contributed by atoms with van der Waals surface area (Å²) in [4.78, 5) is 12.2. The monoisotopic (exact) mass is 262 g/mol. The van der Waals surface area contributed by atoms with Crippen LogP contribution < -0.4 is 10.6 Å². The SMILES string of the molecule is CNCC12CC3CC(C1)CC(NC(=O)C1CC1)(C3)C2. The van der Waals surface area contributed by atoms with Gasteiger partial charge in [0, 0.05) is 18.0 Å². The Bertz CT molecular complexity index is 388. The van der Waals surface area contributed by atoms with E-state index in [1.165, 1.54) is 38.5 Å². The third-order valence-corrected chi connectivity index (χ3v) is 6.07. The minimum atomic E-state index is 0.167. The van der Waals surface area contributed by atoms with E-state index in [9.17, 15) is 4.79 Å². The molecule has 0 heterocycles. The Morgan fingerprint density at radius 1 is 1.16 bits per heavy atom. The first-order chi connectivity index (χ1) is 9.12. The maximum absolute atomic E-state index is 12.2. The summed E-state index contributed by atoms with van der Waals surface area (Å²) in [5, 5.41) is 6.92. The summed E-state index contributed by atoms with van der Waals surface area (Å²) < 4.78 is 0. The van der Waals surface area contributed by atoms with Crippen LogP contribution in [0.1, 0.15) is 51.4 Å². The van der Waals surface area contributed by atoms with Crippen molar-refractivity contribution in [1.82, 2.24) is 10.6 Å². The summed E-state index contributed by atoms with van der Waals surface area (Å²) in [6.45, 7) is 1.14. The number of hydrogen-bond acceptors (Lipinski definition) is 2. The van der Waals surface area contributed by atoms with E-state index >= 15 is 0 Å². The van der Waals surface area contributed by atoms with E-state index in [4.69, 9.17) is 0 Å². The molecule has 5 rings (SSSR count). The quantitative estimate of drug-likeness (QED) is 0.814. The van der Waals surface area contributed by atoms with E-state index in [1.807, 2.05) is 0 Å².